The van der Waals surface area contributed by atoms with Crippen molar-refractivity contribution in [2.24, 2.45) is 0 Å². The highest BCUT2D eigenvalue weighted by molar-refractivity contribution is 9.10. The van der Waals surface area contributed by atoms with Crippen molar-refractivity contribution >= 4 is 41.1 Å². The van der Waals surface area contributed by atoms with E-state index in [0.717, 1.165) is 21.9 Å². The van der Waals surface area contributed by atoms with Crippen molar-refractivity contribution < 1.29 is 9.16 Å². The third-order valence-electron chi connectivity index (χ3n) is 5.11. The molecule has 2 aromatic heterocycles. The van der Waals surface area contributed by atoms with Gasteiger partial charge in [-0.05, 0) is 34.1 Å². The molecule has 0 saturated carbocycles. The van der Waals surface area contributed by atoms with Crippen molar-refractivity contribution in [3.05, 3.63) is 17.0 Å². The van der Waals surface area contributed by atoms with Crippen LogP contribution in [0.5, 0.6) is 0 Å². The van der Waals surface area contributed by atoms with Gasteiger partial charge in [0.05, 0.1) is 18.1 Å². The van der Waals surface area contributed by atoms with E-state index in [-0.39, 0.29) is 17.4 Å². The van der Waals surface area contributed by atoms with Gasteiger partial charge >= 0.3 is 0 Å². The van der Waals surface area contributed by atoms with Crippen molar-refractivity contribution in [1.29, 1.82) is 0 Å². The number of nitrogens with zero attached hydrogens (tertiary/aromatic N) is 3. The van der Waals surface area contributed by atoms with Gasteiger partial charge in [-0.1, -0.05) is 20.8 Å². The molecule has 3 heterocycles. The zero-order chi connectivity index (χ0) is 17.7. The molecule has 0 amide bonds. The Morgan fingerprint density at radius 2 is 2.08 bits per heavy atom. The van der Waals surface area contributed by atoms with Gasteiger partial charge in [0.2, 0.25) is 0 Å². The molecule has 132 valence electrons. The van der Waals surface area contributed by atoms with Crippen LogP contribution in [0.15, 0.2) is 17.0 Å². The minimum absolute atomic E-state index is 0.0946. The molecule has 0 radical (unpaired) electrons. The third kappa shape index (κ3) is 3.12. The average molecular weight is 413 g/mol. The van der Waals surface area contributed by atoms with Gasteiger partial charge in [-0.3, -0.25) is 0 Å². The highest BCUT2D eigenvalue weighted by Crippen LogP contribution is 2.40. The molecule has 6 nitrogen and oxygen atoms in total. The molecule has 1 aliphatic heterocycles. The molecular formula is C16H25BrN4O2Si. The van der Waals surface area contributed by atoms with E-state index in [0.29, 0.717) is 12.4 Å². The lowest BCUT2D eigenvalue weighted by Gasteiger charge is -2.38. The van der Waals surface area contributed by atoms with Crippen molar-refractivity contribution in [2.75, 3.05) is 12.3 Å². The Morgan fingerprint density at radius 3 is 2.75 bits per heavy atom. The molecule has 1 fully saturated rings. The van der Waals surface area contributed by atoms with Crippen molar-refractivity contribution in [3.63, 3.8) is 0 Å². The summed E-state index contributed by atoms with van der Waals surface area (Å²) < 4.78 is 15.4. The minimum atomic E-state index is -1.80. The molecule has 2 aromatic rings. The molecule has 1 saturated heterocycles. The number of halogens is 1. The lowest BCUT2D eigenvalue weighted by Crippen LogP contribution is -2.44. The highest BCUT2D eigenvalue weighted by Gasteiger charge is 2.41. The number of rotatable bonds is 3. The van der Waals surface area contributed by atoms with Crippen LogP contribution >= 0.6 is 15.9 Å². The molecule has 24 heavy (non-hydrogen) atoms. The molecule has 0 aromatic carbocycles. The fourth-order valence-electron chi connectivity index (χ4n) is 2.73. The molecular weight excluding hydrogens is 388 g/mol. The van der Waals surface area contributed by atoms with Gasteiger partial charge in [-0.15, -0.1) is 0 Å². The Kier molecular flexibility index (Phi) is 4.52. The molecule has 0 bridgehead atoms. The van der Waals surface area contributed by atoms with Gasteiger partial charge < -0.3 is 19.5 Å². The van der Waals surface area contributed by atoms with Gasteiger partial charge in [-0.25, -0.2) is 9.97 Å². The fourth-order valence-corrected chi connectivity index (χ4v) is 4.68. The lowest BCUT2D eigenvalue weighted by molar-refractivity contribution is 0.0515. The minimum Gasteiger partial charge on any atom is -0.411 e. The number of hydrogen-bond donors (Lipinski definition) is 1. The van der Waals surface area contributed by atoms with E-state index in [9.17, 15) is 0 Å². The number of hydrogen-bond acceptors (Lipinski definition) is 5. The first-order chi connectivity index (χ1) is 11.1. The Hall–Kier alpha value is -0.963. The van der Waals surface area contributed by atoms with Crippen molar-refractivity contribution in [1.82, 2.24) is 14.5 Å². The number of nitrogen functional groups attached to an aromatic ring is 1. The lowest BCUT2D eigenvalue weighted by atomic mass is 10.2. The first-order valence-corrected chi connectivity index (χ1v) is 11.9. The summed E-state index contributed by atoms with van der Waals surface area (Å²) in [5, 5.41) is 1.02. The van der Waals surface area contributed by atoms with Crippen LogP contribution in [0.1, 0.15) is 33.4 Å². The van der Waals surface area contributed by atoms with E-state index in [1.165, 1.54) is 6.33 Å². The van der Waals surface area contributed by atoms with Crippen molar-refractivity contribution in [3.8, 4) is 0 Å². The second-order valence-electron chi connectivity index (χ2n) is 7.87. The molecule has 2 N–H and O–H groups in total. The highest BCUT2D eigenvalue weighted by atomic mass is 79.9. The number of fused-ring (bicyclic) bond motifs is 1. The van der Waals surface area contributed by atoms with Gasteiger partial charge in [-0.2, -0.15) is 0 Å². The topological polar surface area (TPSA) is 75.2 Å². The smallest absolute Gasteiger partial charge is 0.192 e. The van der Waals surface area contributed by atoms with Gasteiger partial charge in [0, 0.05) is 17.1 Å². The number of aromatic nitrogens is 3. The summed E-state index contributed by atoms with van der Waals surface area (Å²) in [4.78, 5) is 8.44. The first-order valence-electron chi connectivity index (χ1n) is 8.16. The maximum Gasteiger partial charge on any atom is 0.192 e. The van der Waals surface area contributed by atoms with Gasteiger partial charge in [0.1, 0.15) is 24.0 Å². The van der Waals surface area contributed by atoms with Crippen molar-refractivity contribution in [2.45, 2.75) is 57.7 Å². The SMILES string of the molecule is CC(C)(C)[Si](C)(C)O[C@@H]1CO[C@@H](n2cc(Br)c3c(N)ncnc32)C1. The predicted molar refractivity (Wildman–Crippen MR) is 101 cm³/mol. The number of ether oxygens (including phenoxy) is 1. The van der Waals surface area contributed by atoms with E-state index in [1.54, 1.807) is 0 Å². The molecule has 0 aliphatic carbocycles. The Morgan fingerprint density at radius 1 is 1.38 bits per heavy atom. The molecule has 1 aliphatic rings. The zero-order valence-corrected chi connectivity index (χ0v) is 17.4. The van der Waals surface area contributed by atoms with Crippen LogP contribution in [-0.2, 0) is 9.16 Å². The van der Waals surface area contributed by atoms with E-state index < -0.39 is 8.32 Å². The Labute approximate surface area is 152 Å². The monoisotopic (exact) mass is 412 g/mol. The van der Waals surface area contributed by atoms with E-state index >= 15 is 0 Å². The van der Waals surface area contributed by atoms with Gasteiger partial charge in [0.25, 0.3) is 0 Å². The summed E-state index contributed by atoms with van der Waals surface area (Å²) in [7, 11) is -1.80. The summed E-state index contributed by atoms with van der Waals surface area (Å²) in [6.45, 7) is 11.9. The Bertz CT molecular complexity index is 756. The maximum absolute atomic E-state index is 6.49. The predicted octanol–water partition coefficient (Wildman–Crippen LogP) is 4.09. The van der Waals surface area contributed by atoms with Crippen LogP contribution < -0.4 is 5.73 Å². The molecule has 2 atom stereocenters. The molecule has 8 heteroatoms. The maximum atomic E-state index is 6.49. The van der Waals surface area contributed by atoms with E-state index in [1.807, 2.05) is 10.8 Å². The fraction of sp³-hybridized carbons (Fsp3) is 0.625. The van der Waals surface area contributed by atoms with Crippen LogP contribution in [0.4, 0.5) is 5.82 Å². The zero-order valence-electron chi connectivity index (χ0n) is 14.8. The van der Waals surface area contributed by atoms with Crippen LogP contribution in [0.2, 0.25) is 18.1 Å². The molecule has 3 rings (SSSR count). The van der Waals surface area contributed by atoms with Gasteiger partial charge in [0.15, 0.2) is 8.32 Å². The van der Waals surface area contributed by atoms with Crippen LogP contribution in [0.25, 0.3) is 11.0 Å². The second-order valence-corrected chi connectivity index (χ2v) is 13.5. The average Bonchev–Trinajstić information content (AvgIpc) is 3.03. The van der Waals surface area contributed by atoms with Crippen LogP contribution in [0, 0.1) is 0 Å². The standard InChI is InChI=1S/C16H25BrN4O2Si/c1-16(2,3)24(4,5)23-10-6-12(22-8-10)21-7-11(17)13-14(18)19-9-20-15(13)21/h7,9-10,12H,6,8H2,1-5H3,(H2,18,19,20)/t10-,12+/m0/s1. The van der Waals surface area contributed by atoms with Crippen LogP contribution in [0.3, 0.4) is 0 Å². The Balaban J connectivity index is 1.81. The first kappa shape index (κ1) is 17.8. The van der Waals surface area contributed by atoms with E-state index in [4.69, 9.17) is 14.9 Å². The number of nitrogens with two attached hydrogens (primary N) is 1. The summed E-state index contributed by atoms with van der Waals surface area (Å²) >= 11 is 3.54. The summed E-state index contributed by atoms with van der Waals surface area (Å²) in [6.07, 6.45) is 4.29. The largest absolute Gasteiger partial charge is 0.411 e. The quantitative estimate of drug-likeness (QED) is 0.768. The summed E-state index contributed by atoms with van der Waals surface area (Å²) in [6, 6.07) is 0. The van der Waals surface area contributed by atoms with E-state index in [2.05, 4.69) is 59.8 Å². The normalized spacial score (nSPS) is 22.4. The summed E-state index contributed by atoms with van der Waals surface area (Å²) in [5.41, 5.74) is 6.76. The molecule has 0 unspecified atom stereocenters. The second kappa shape index (κ2) is 6.08. The van der Waals surface area contributed by atoms with Crippen LogP contribution in [-0.4, -0.2) is 35.6 Å². The number of anilines is 1. The summed E-state index contributed by atoms with van der Waals surface area (Å²) in [5.74, 6) is 0.470. The third-order valence-corrected chi connectivity index (χ3v) is 10.2. The molecule has 0 spiro atoms.